The highest BCUT2D eigenvalue weighted by Gasteiger charge is 2.40. The van der Waals surface area contributed by atoms with Crippen molar-refractivity contribution in [1.29, 1.82) is 0 Å². The first-order valence-electron chi connectivity index (χ1n) is 10.9. The Kier molecular flexibility index (Phi) is 15.4. The molecule has 2 rings (SSSR count). The Bertz CT molecular complexity index is 835. The lowest BCUT2D eigenvalue weighted by Crippen LogP contribution is -2.20. The number of amides is 1. The summed E-state index contributed by atoms with van der Waals surface area (Å²) < 4.78 is 47.0. The summed E-state index contributed by atoms with van der Waals surface area (Å²) in [5.74, 6) is 1.27. The van der Waals surface area contributed by atoms with Gasteiger partial charge in [0.2, 0.25) is 0 Å². The van der Waals surface area contributed by atoms with Crippen molar-refractivity contribution in [3.63, 3.8) is 0 Å². The molecule has 1 aliphatic heterocycles. The normalized spacial score (nSPS) is 17.5. The van der Waals surface area contributed by atoms with Crippen LogP contribution in [0.15, 0.2) is 29.2 Å². The SMILES string of the molecule is CCOP(=O)(SC(C)CC)N1CCSC1=O.CCOP(=S)(OCC)Oc1ccc([S+](C)[O-])cc1. The molecule has 0 radical (unpaired) electrons. The fourth-order valence-electron chi connectivity index (χ4n) is 2.46. The van der Waals surface area contributed by atoms with E-state index in [-0.39, 0.29) is 10.5 Å². The lowest BCUT2D eigenvalue weighted by molar-refractivity contribution is 0.218. The second kappa shape index (κ2) is 16.2. The van der Waals surface area contributed by atoms with Gasteiger partial charge in [-0.05, 0) is 74.0 Å². The minimum Gasteiger partial charge on any atom is -0.612 e. The van der Waals surface area contributed by atoms with Crippen LogP contribution in [0.25, 0.3) is 0 Å². The maximum absolute atomic E-state index is 12.6. The molecular formula is C20H35NO7P2S4. The first kappa shape index (κ1) is 32.3. The first-order valence-corrected chi connectivity index (χ1v) is 19.1. The van der Waals surface area contributed by atoms with Crippen molar-refractivity contribution in [2.75, 3.05) is 38.4 Å². The molecule has 3 unspecified atom stereocenters. The van der Waals surface area contributed by atoms with Crippen molar-refractivity contribution in [2.24, 2.45) is 0 Å². The zero-order valence-corrected chi connectivity index (χ0v) is 25.5. The molecule has 14 heteroatoms. The number of hydrogen-bond donors (Lipinski definition) is 0. The van der Waals surface area contributed by atoms with E-state index >= 15 is 0 Å². The molecule has 1 aromatic rings. The fourth-order valence-corrected chi connectivity index (χ4v) is 11.4. The maximum Gasteiger partial charge on any atom is 0.380 e. The number of hydrogen-bond acceptors (Lipinski definition) is 10. The second-order valence-corrected chi connectivity index (χ2v) is 16.8. The minimum atomic E-state index is -3.02. The Morgan fingerprint density at radius 1 is 1.15 bits per heavy atom. The summed E-state index contributed by atoms with van der Waals surface area (Å²) in [5, 5.41) is 0.114. The molecule has 196 valence electrons. The van der Waals surface area contributed by atoms with Gasteiger partial charge in [-0.25, -0.2) is 0 Å². The summed E-state index contributed by atoms with van der Waals surface area (Å²) in [4.78, 5) is 12.3. The van der Waals surface area contributed by atoms with Gasteiger partial charge in [0.05, 0.1) is 19.8 Å². The molecule has 34 heavy (non-hydrogen) atoms. The Balaban J connectivity index is 0.000000342. The molecule has 0 aromatic heterocycles. The molecule has 3 atom stereocenters. The Morgan fingerprint density at radius 2 is 1.71 bits per heavy atom. The van der Waals surface area contributed by atoms with Gasteiger partial charge in [0, 0.05) is 29.4 Å². The third-order valence-corrected chi connectivity index (χ3v) is 13.8. The molecular weight excluding hydrogens is 556 g/mol. The minimum absolute atomic E-state index is 0.118. The van der Waals surface area contributed by atoms with E-state index in [0.717, 1.165) is 11.3 Å². The van der Waals surface area contributed by atoms with E-state index in [1.807, 2.05) is 27.7 Å². The van der Waals surface area contributed by atoms with E-state index in [9.17, 15) is 13.9 Å². The molecule has 0 bridgehead atoms. The quantitative estimate of drug-likeness (QED) is 0.177. The largest absolute Gasteiger partial charge is 0.612 e. The topological polar surface area (TPSA) is 97.4 Å². The Morgan fingerprint density at radius 3 is 2.12 bits per heavy atom. The van der Waals surface area contributed by atoms with Crippen LogP contribution in [0.2, 0.25) is 0 Å². The van der Waals surface area contributed by atoms with Crippen LogP contribution >= 0.6 is 36.6 Å². The Hall–Kier alpha value is 0.260. The van der Waals surface area contributed by atoms with Crippen molar-refractivity contribution in [3.05, 3.63) is 24.3 Å². The lowest BCUT2D eigenvalue weighted by Gasteiger charge is -2.27. The molecule has 1 aromatic carbocycles. The highest BCUT2D eigenvalue weighted by Crippen LogP contribution is 2.66. The summed E-state index contributed by atoms with van der Waals surface area (Å²) >= 11 is 6.76. The molecule has 1 amide bonds. The number of carbonyl (C=O) groups excluding carboxylic acids is 1. The van der Waals surface area contributed by atoms with Gasteiger partial charge in [0.15, 0.2) is 4.90 Å². The van der Waals surface area contributed by atoms with E-state index in [2.05, 4.69) is 0 Å². The highest BCUT2D eigenvalue weighted by molar-refractivity contribution is 8.56. The summed E-state index contributed by atoms with van der Waals surface area (Å²) in [6, 6.07) is 6.91. The smallest absolute Gasteiger partial charge is 0.380 e. The summed E-state index contributed by atoms with van der Waals surface area (Å²) in [6.45, 7) is 5.56. The molecule has 8 nitrogen and oxygen atoms in total. The van der Waals surface area contributed by atoms with Crippen molar-refractivity contribution < 1.29 is 32.0 Å². The standard InChI is InChI=1S/C11H17O4PS2.C9H18NO3PS2/c1-4-13-16(17,14-5-2)15-10-6-8-11(9-7-10)18(3)12;1-4-8(3)16-14(12,13-5-2)10-6-7-15-9(10)11/h6-9H,4-5H2,1-3H3;8H,4-7H2,1-3H3. The van der Waals surface area contributed by atoms with E-state index in [0.29, 0.717) is 37.9 Å². The molecule has 0 N–H and O–H groups in total. The van der Waals surface area contributed by atoms with Crippen LogP contribution < -0.4 is 4.52 Å². The number of benzene rings is 1. The number of nitrogens with zero attached hydrogens (tertiary/aromatic N) is 1. The second-order valence-electron chi connectivity index (χ2n) is 6.75. The third kappa shape index (κ3) is 10.7. The van der Waals surface area contributed by atoms with Gasteiger partial charge in [-0.15, -0.1) is 0 Å². The molecule has 1 fully saturated rings. The van der Waals surface area contributed by atoms with Crippen LogP contribution in [-0.4, -0.2) is 58.1 Å². The number of carbonyl (C=O) groups is 1. The summed E-state index contributed by atoms with van der Waals surface area (Å²) in [5.41, 5.74) is 0. The van der Waals surface area contributed by atoms with E-state index in [1.54, 1.807) is 37.4 Å². The monoisotopic (exact) mass is 591 g/mol. The fraction of sp³-hybridized carbons (Fsp3) is 0.650. The van der Waals surface area contributed by atoms with Gasteiger partial charge >= 0.3 is 13.4 Å². The van der Waals surface area contributed by atoms with Crippen LogP contribution in [0.3, 0.4) is 0 Å². The van der Waals surface area contributed by atoms with Crippen molar-refractivity contribution in [2.45, 2.75) is 51.2 Å². The average molecular weight is 592 g/mol. The van der Waals surface area contributed by atoms with Gasteiger partial charge in [0.25, 0.3) is 5.24 Å². The van der Waals surface area contributed by atoms with Crippen LogP contribution in [0, 0.1) is 0 Å². The molecule has 1 heterocycles. The number of thioether (sulfide) groups is 1. The summed E-state index contributed by atoms with van der Waals surface area (Å²) in [7, 11) is 0. The summed E-state index contributed by atoms with van der Waals surface area (Å²) in [6.07, 6.45) is 2.54. The molecule has 0 saturated carbocycles. The van der Waals surface area contributed by atoms with Crippen molar-refractivity contribution >= 4 is 64.8 Å². The highest BCUT2D eigenvalue weighted by atomic mass is 32.7. The average Bonchev–Trinajstić information content (AvgIpc) is 3.21. The van der Waals surface area contributed by atoms with Gasteiger partial charge in [-0.2, -0.15) is 0 Å². The zero-order valence-electron chi connectivity index (χ0n) is 20.5. The van der Waals surface area contributed by atoms with Gasteiger partial charge in [-0.1, -0.05) is 25.6 Å². The van der Waals surface area contributed by atoms with E-state index in [1.165, 1.54) is 27.8 Å². The van der Waals surface area contributed by atoms with Crippen LogP contribution in [0.4, 0.5) is 4.79 Å². The molecule has 0 aliphatic carbocycles. The number of rotatable bonds is 13. The van der Waals surface area contributed by atoms with Crippen LogP contribution in [-0.2, 0) is 41.1 Å². The third-order valence-electron chi connectivity index (χ3n) is 4.16. The van der Waals surface area contributed by atoms with E-state index < -0.39 is 24.6 Å². The first-order chi connectivity index (χ1) is 16.0. The molecule has 1 saturated heterocycles. The van der Waals surface area contributed by atoms with Crippen LogP contribution in [0.5, 0.6) is 5.75 Å². The molecule has 1 aliphatic rings. The van der Waals surface area contributed by atoms with Gasteiger partial charge < -0.3 is 13.6 Å². The lowest BCUT2D eigenvalue weighted by atomic mass is 10.3. The zero-order chi connectivity index (χ0) is 25.8. The van der Waals surface area contributed by atoms with E-state index in [4.69, 9.17) is 29.9 Å². The molecule has 0 spiro atoms. The predicted molar refractivity (Wildman–Crippen MR) is 148 cm³/mol. The van der Waals surface area contributed by atoms with Crippen molar-refractivity contribution in [1.82, 2.24) is 4.67 Å². The maximum atomic E-state index is 12.6. The van der Waals surface area contributed by atoms with Crippen LogP contribution in [0.1, 0.15) is 41.0 Å². The Labute approximate surface area is 220 Å². The van der Waals surface area contributed by atoms with Gasteiger partial charge in [-0.3, -0.25) is 23.1 Å². The van der Waals surface area contributed by atoms with Crippen molar-refractivity contribution in [3.8, 4) is 5.75 Å². The van der Waals surface area contributed by atoms with Gasteiger partial charge in [0.1, 0.15) is 12.0 Å². The predicted octanol–water partition coefficient (Wildman–Crippen LogP) is 6.93.